The second-order valence-corrected chi connectivity index (χ2v) is 17.0. The van der Waals surface area contributed by atoms with Gasteiger partial charge in [-0.1, -0.05) is 182 Å². The minimum Gasteiger partial charge on any atom is -0.309 e. The van der Waals surface area contributed by atoms with Crippen LogP contribution in [0.5, 0.6) is 0 Å². The summed E-state index contributed by atoms with van der Waals surface area (Å²) < 4.78 is 2.36. The molecule has 0 aliphatic heterocycles. The van der Waals surface area contributed by atoms with Crippen molar-refractivity contribution in [3.63, 3.8) is 0 Å². The van der Waals surface area contributed by atoms with E-state index < -0.39 is 0 Å². The van der Waals surface area contributed by atoms with Crippen molar-refractivity contribution in [3.8, 4) is 61.5 Å². The van der Waals surface area contributed by atoms with E-state index in [1.807, 2.05) is 6.20 Å². The first-order chi connectivity index (χ1) is 32.2. The van der Waals surface area contributed by atoms with E-state index >= 15 is 0 Å². The smallest absolute Gasteiger partial charge is 0.0979 e. The van der Waals surface area contributed by atoms with E-state index in [0.29, 0.717) is 0 Å². The first kappa shape index (κ1) is 36.9. The molecule has 13 rings (SSSR count). The predicted molar refractivity (Wildman–Crippen MR) is 274 cm³/mol. The monoisotopic (exact) mass is 825 g/mol. The summed E-state index contributed by atoms with van der Waals surface area (Å²) in [5.74, 6) is 0. The van der Waals surface area contributed by atoms with Crippen LogP contribution in [0.1, 0.15) is 0 Å². The molecule has 65 heavy (non-hydrogen) atoms. The van der Waals surface area contributed by atoms with Gasteiger partial charge in [0.1, 0.15) is 0 Å². The van der Waals surface area contributed by atoms with Gasteiger partial charge >= 0.3 is 0 Å². The third-order valence-corrected chi connectivity index (χ3v) is 13.2. The Hall–Kier alpha value is -8.66. The summed E-state index contributed by atoms with van der Waals surface area (Å²) in [4.78, 5) is 10.3. The molecule has 2 heterocycles. The van der Waals surface area contributed by atoms with E-state index in [-0.39, 0.29) is 0 Å². The number of rotatable bonds is 6. The zero-order chi connectivity index (χ0) is 42.8. The number of benzene rings is 11. The molecule has 11 aromatic carbocycles. The Morgan fingerprint density at radius 3 is 1.40 bits per heavy atom. The maximum atomic E-state index is 5.25. The third kappa shape index (κ3) is 6.28. The van der Waals surface area contributed by atoms with Crippen molar-refractivity contribution >= 4 is 65.2 Å². The minimum absolute atomic E-state index is 0.867. The Morgan fingerprint density at radius 1 is 0.277 bits per heavy atom. The maximum Gasteiger partial charge on any atom is 0.0979 e. The molecular weight excluding hydrogens is 787 g/mol. The van der Waals surface area contributed by atoms with Crippen molar-refractivity contribution in [1.82, 2.24) is 14.5 Å². The van der Waals surface area contributed by atoms with Gasteiger partial charge in [-0.25, -0.2) is 4.98 Å². The van der Waals surface area contributed by atoms with Crippen LogP contribution >= 0.6 is 0 Å². The topological polar surface area (TPSA) is 30.7 Å². The lowest BCUT2D eigenvalue weighted by Crippen LogP contribution is -1.92. The molecular formula is C62H39N3. The zero-order valence-electron chi connectivity index (χ0n) is 35.4. The molecule has 0 radical (unpaired) electrons. The molecule has 13 aromatic rings. The lowest BCUT2D eigenvalue weighted by molar-refractivity contribution is 1.18. The third-order valence-electron chi connectivity index (χ3n) is 13.2. The van der Waals surface area contributed by atoms with Crippen LogP contribution < -0.4 is 0 Å². The highest BCUT2D eigenvalue weighted by Gasteiger charge is 2.15. The van der Waals surface area contributed by atoms with Crippen LogP contribution in [-0.2, 0) is 0 Å². The van der Waals surface area contributed by atoms with E-state index in [9.17, 15) is 0 Å². The molecule has 2 aromatic heterocycles. The van der Waals surface area contributed by atoms with E-state index in [0.717, 1.165) is 38.6 Å². The average Bonchev–Trinajstić information content (AvgIpc) is 3.72. The van der Waals surface area contributed by atoms with Crippen LogP contribution in [0.4, 0.5) is 0 Å². The van der Waals surface area contributed by atoms with Gasteiger partial charge in [-0.15, -0.1) is 0 Å². The van der Waals surface area contributed by atoms with Crippen molar-refractivity contribution in [2.45, 2.75) is 0 Å². The van der Waals surface area contributed by atoms with E-state index in [2.05, 4.69) is 235 Å². The molecule has 3 heteroatoms. The fraction of sp³-hybridized carbons (Fsp3) is 0. The van der Waals surface area contributed by atoms with Gasteiger partial charge in [-0.2, -0.15) is 0 Å². The van der Waals surface area contributed by atoms with E-state index in [1.165, 1.54) is 88.0 Å². The first-order valence-electron chi connectivity index (χ1n) is 22.2. The van der Waals surface area contributed by atoms with Gasteiger partial charge in [0, 0.05) is 32.8 Å². The van der Waals surface area contributed by atoms with Crippen molar-refractivity contribution in [1.29, 1.82) is 0 Å². The van der Waals surface area contributed by atoms with Gasteiger partial charge in [0.15, 0.2) is 0 Å². The SMILES string of the molecule is c1ccc(-n2c3ccccc3c3cc(-c4ccc(-c5ccc(-c6ccc7cc(-c8cccc(-c9cnc%10c%11ccccc%11c%11ccccc%11c%10n9)c8)ccc7c6)cc5)cc4)ccc32)cc1. The minimum atomic E-state index is 0.867. The normalized spacial score (nSPS) is 11.7. The summed E-state index contributed by atoms with van der Waals surface area (Å²) in [6.45, 7) is 0. The van der Waals surface area contributed by atoms with Crippen molar-refractivity contribution in [3.05, 3.63) is 237 Å². The van der Waals surface area contributed by atoms with Crippen LogP contribution in [0.25, 0.3) is 127 Å². The molecule has 0 spiro atoms. The van der Waals surface area contributed by atoms with Crippen molar-refractivity contribution in [2.75, 3.05) is 0 Å². The fourth-order valence-electron chi connectivity index (χ4n) is 9.94. The summed E-state index contributed by atoms with van der Waals surface area (Å²) in [5, 5.41) is 9.59. The summed E-state index contributed by atoms with van der Waals surface area (Å²) in [7, 11) is 0. The highest BCUT2D eigenvalue weighted by atomic mass is 15.0. The lowest BCUT2D eigenvalue weighted by Gasteiger charge is -2.11. The molecule has 0 amide bonds. The quantitative estimate of drug-likeness (QED) is 0.156. The van der Waals surface area contributed by atoms with E-state index in [1.54, 1.807) is 0 Å². The largest absolute Gasteiger partial charge is 0.309 e. The van der Waals surface area contributed by atoms with Gasteiger partial charge in [0.05, 0.1) is 34.0 Å². The molecule has 302 valence electrons. The highest BCUT2D eigenvalue weighted by molar-refractivity contribution is 6.23. The Balaban J connectivity index is 0.752. The Kier molecular flexibility index (Phi) is 8.53. The zero-order valence-corrected chi connectivity index (χ0v) is 35.4. The second kappa shape index (κ2) is 15.0. The first-order valence-corrected chi connectivity index (χ1v) is 22.2. The number of para-hydroxylation sites is 2. The molecule has 0 atom stereocenters. The van der Waals surface area contributed by atoms with E-state index in [4.69, 9.17) is 9.97 Å². The molecule has 0 aliphatic carbocycles. The molecule has 0 saturated carbocycles. The molecule has 0 bridgehead atoms. The maximum absolute atomic E-state index is 5.25. The van der Waals surface area contributed by atoms with Gasteiger partial charge in [-0.3, -0.25) is 4.98 Å². The van der Waals surface area contributed by atoms with Gasteiger partial charge in [-0.05, 0) is 115 Å². The highest BCUT2D eigenvalue weighted by Crippen LogP contribution is 2.38. The summed E-state index contributed by atoms with van der Waals surface area (Å²) in [5.41, 5.74) is 16.9. The number of fused-ring (bicyclic) bond motifs is 10. The molecule has 3 nitrogen and oxygen atoms in total. The fourth-order valence-corrected chi connectivity index (χ4v) is 9.94. The molecule has 0 N–H and O–H groups in total. The summed E-state index contributed by atoms with van der Waals surface area (Å²) in [6, 6.07) is 83.3. The van der Waals surface area contributed by atoms with Crippen LogP contribution in [0.15, 0.2) is 237 Å². The van der Waals surface area contributed by atoms with Gasteiger partial charge < -0.3 is 4.57 Å². The van der Waals surface area contributed by atoms with Crippen molar-refractivity contribution < 1.29 is 0 Å². The predicted octanol–water partition coefficient (Wildman–Crippen LogP) is 16.5. The molecule has 0 unspecified atom stereocenters. The van der Waals surface area contributed by atoms with Crippen LogP contribution in [0.3, 0.4) is 0 Å². The lowest BCUT2D eigenvalue weighted by atomic mass is 9.95. The second-order valence-electron chi connectivity index (χ2n) is 17.0. The number of nitrogens with zero attached hydrogens (tertiary/aromatic N) is 3. The summed E-state index contributed by atoms with van der Waals surface area (Å²) in [6.07, 6.45) is 1.92. The molecule has 0 saturated heterocycles. The Morgan fingerprint density at radius 2 is 0.738 bits per heavy atom. The van der Waals surface area contributed by atoms with Gasteiger partial charge in [0.2, 0.25) is 0 Å². The Labute approximate surface area is 376 Å². The standard InChI is InChI=1S/C62H39N3/c1-2-13-51(14-3-1)65-59-20-9-8-17-54(59)57-38-49(33-34-60(57)65)43-27-23-41(24-28-43)40-21-25-42(26-22-40)45-29-30-48-36-46(31-32-47(48)35-45)44-11-10-12-50(37-44)58-39-63-61-55-18-6-4-15-52(55)53-16-5-7-19-56(53)62(61)64-58/h1-39H. The average molecular weight is 826 g/mol. The summed E-state index contributed by atoms with van der Waals surface area (Å²) >= 11 is 0. The Bertz CT molecular complexity index is 3940. The number of hydrogen-bond donors (Lipinski definition) is 0. The number of aromatic nitrogens is 3. The number of hydrogen-bond acceptors (Lipinski definition) is 2. The van der Waals surface area contributed by atoms with Crippen LogP contribution in [0, 0.1) is 0 Å². The van der Waals surface area contributed by atoms with Crippen LogP contribution in [-0.4, -0.2) is 14.5 Å². The molecule has 0 fully saturated rings. The van der Waals surface area contributed by atoms with Crippen LogP contribution in [0.2, 0.25) is 0 Å². The molecule has 0 aliphatic rings. The van der Waals surface area contributed by atoms with Gasteiger partial charge in [0.25, 0.3) is 0 Å². The van der Waals surface area contributed by atoms with Crippen molar-refractivity contribution in [2.24, 2.45) is 0 Å².